The van der Waals surface area contributed by atoms with E-state index in [1.807, 2.05) is 6.92 Å². The summed E-state index contributed by atoms with van der Waals surface area (Å²) in [7, 11) is 0. The molecule has 1 aromatic rings. The largest absolute Gasteiger partial charge is 0.480 e. The fourth-order valence-electron chi connectivity index (χ4n) is 1.62. The van der Waals surface area contributed by atoms with Crippen LogP contribution >= 0.6 is 0 Å². The molecule has 19 heavy (non-hydrogen) atoms. The quantitative estimate of drug-likeness (QED) is 0.830. The molecular formula is C14H21FN2O2. The molecule has 4 nitrogen and oxygen atoms in total. The average molecular weight is 268 g/mol. The second-order valence-corrected chi connectivity index (χ2v) is 4.52. The number of hydrogen-bond donors (Lipinski definition) is 2. The first kappa shape index (κ1) is 15.4. The highest BCUT2D eigenvalue weighted by Crippen LogP contribution is 2.25. The Bertz CT molecular complexity index is 435. The number of hydrogen-bond acceptors (Lipinski definition) is 3. The fraction of sp³-hybridized carbons (Fsp3) is 0.500. The van der Waals surface area contributed by atoms with Crippen LogP contribution in [0, 0.1) is 5.82 Å². The highest BCUT2D eigenvalue weighted by atomic mass is 19.1. The zero-order chi connectivity index (χ0) is 14.4. The van der Waals surface area contributed by atoms with Crippen LogP contribution in [0.25, 0.3) is 0 Å². The third kappa shape index (κ3) is 4.52. The third-order valence-corrected chi connectivity index (χ3v) is 2.69. The second-order valence-electron chi connectivity index (χ2n) is 4.52. The van der Waals surface area contributed by atoms with Gasteiger partial charge in [0.2, 0.25) is 0 Å². The van der Waals surface area contributed by atoms with Gasteiger partial charge in [0, 0.05) is 24.2 Å². The third-order valence-electron chi connectivity index (χ3n) is 2.69. The van der Waals surface area contributed by atoms with E-state index in [9.17, 15) is 9.18 Å². The topological polar surface area (TPSA) is 64.3 Å². The van der Waals surface area contributed by atoms with E-state index in [1.54, 1.807) is 19.9 Å². The Labute approximate surface area is 113 Å². The lowest BCUT2D eigenvalue weighted by Crippen LogP contribution is -2.36. The molecule has 0 saturated carbocycles. The van der Waals surface area contributed by atoms with E-state index in [2.05, 4.69) is 5.32 Å². The van der Waals surface area contributed by atoms with Crippen LogP contribution in [0.5, 0.6) is 5.75 Å². The van der Waals surface area contributed by atoms with Crippen molar-refractivity contribution in [3.8, 4) is 5.75 Å². The Kier molecular flexibility index (Phi) is 5.76. The molecule has 1 aromatic carbocycles. The maximum absolute atomic E-state index is 13.2. The fourth-order valence-corrected chi connectivity index (χ4v) is 1.62. The van der Waals surface area contributed by atoms with Gasteiger partial charge in [-0.05, 0) is 26.3 Å². The summed E-state index contributed by atoms with van der Waals surface area (Å²) in [5.74, 6) is -0.323. The van der Waals surface area contributed by atoms with Crippen LogP contribution < -0.4 is 15.8 Å². The molecule has 0 aliphatic carbocycles. The predicted molar refractivity (Wildman–Crippen MR) is 72.4 cm³/mol. The molecule has 1 amide bonds. The Morgan fingerprint density at radius 3 is 2.74 bits per heavy atom. The van der Waals surface area contributed by atoms with Crippen molar-refractivity contribution in [1.82, 2.24) is 5.32 Å². The van der Waals surface area contributed by atoms with E-state index in [0.29, 0.717) is 17.9 Å². The van der Waals surface area contributed by atoms with Crippen molar-refractivity contribution in [3.05, 3.63) is 29.6 Å². The first-order valence-corrected chi connectivity index (χ1v) is 6.45. The summed E-state index contributed by atoms with van der Waals surface area (Å²) in [4.78, 5) is 11.7. The van der Waals surface area contributed by atoms with Crippen LogP contribution in [0.2, 0.25) is 0 Å². The standard InChI is InChI=1S/C14H21FN2O2/c1-4-7-17-14(18)10(3)19-13-8-11(15)5-6-12(13)9(2)16/h5-6,8-10H,4,7,16H2,1-3H3,(H,17,18). The van der Waals surface area contributed by atoms with Gasteiger partial charge in [-0.2, -0.15) is 0 Å². The zero-order valence-corrected chi connectivity index (χ0v) is 11.6. The maximum atomic E-state index is 13.2. The zero-order valence-electron chi connectivity index (χ0n) is 11.6. The Balaban J connectivity index is 2.80. The van der Waals surface area contributed by atoms with Crippen LogP contribution in [0.1, 0.15) is 38.8 Å². The number of amides is 1. The lowest BCUT2D eigenvalue weighted by atomic mass is 10.1. The number of halogens is 1. The molecule has 0 radical (unpaired) electrons. The molecule has 0 aliphatic heterocycles. The minimum atomic E-state index is -0.689. The molecule has 5 heteroatoms. The van der Waals surface area contributed by atoms with Crippen molar-refractivity contribution in [2.75, 3.05) is 6.54 Å². The van der Waals surface area contributed by atoms with Gasteiger partial charge in [-0.1, -0.05) is 13.0 Å². The van der Waals surface area contributed by atoms with Gasteiger partial charge in [0.15, 0.2) is 6.10 Å². The van der Waals surface area contributed by atoms with Crippen molar-refractivity contribution in [1.29, 1.82) is 0 Å². The van der Waals surface area contributed by atoms with E-state index in [-0.39, 0.29) is 11.9 Å². The molecule has 0 saturated heterocycles. The molecule has 0 aromatic heterocycles. The summed E-state index contributed by atoms with van der Waals surface area (Å²) in [5, 5.41) is 2.73. The predicted octanol–water partition coefficient (Wildman–Crippen LogP) is 2.14. The van der Waals surface area contributed by atoms with Crippen molar-refractivity contribution >= 4 is 5.91 Å². The molecule has 0 bridgehead atoms. The maximum Gasteiger partial charge on any atom is 0.260 e. The van der Waals surface area contributed by atoms with Crippen molar-refractivity contribution in [2.24, 2.45) is 5.73 Å². The Morgan fingerprint density at radius 2 is 2.16 bits per heavy atom. The van der Waals surface area contributed by atoms with E-state index in [1.165, 1.54) is 12.1 Å². The van der Waals surface area contributed by atoms with E-state index >= 15 is 0 Å². The van der Waals surface area contributed by atoms with Crippen LogP contribution in [0.15, 0.2) is 18.2 Å². The normalized spacial score (nSPS) is 13.7. The first-order valence-electron chi connectivity index (χ1n) is 6.45. The molecular weight excluding hydrogens is 247 g/mol. The van der Waals surface area contributed by atoms with E-state index in [4.69, 9.17) is 10.5 Å². The summed E-state index contributed by atoms with van der Waals surface area (Å²) in [6.45, 7) is 5.96. The molecule has 106 valence electrons. The molecule has 3 N–H and O–H groups in total. The highest BCUT2D eigenvalue weighted by Gasteiger charge is 2.17. The Hall–Kier alpha value is -1.62. The number of nitrogens with one attached hydrogen (secondary N) is 1. The monoisotopic (exact) mass is 268 g/mol. The number of nitrogens with two attached hydrogens (primary N) is 1. The minimum Gasteiger partial charge on any atom is -0.480 e. The van der Waals surface area contributed by atoms with Crippen LogP contribution in [0.4, 0.5) is 4.39 Å². The van der Waals surface area contributed by atoms with Crippen molar-refractivity contribution in [2.45, 2.75) is 39.3 Å². The van der Waals surface area contributed by atoms with Crippen LogP contribution in [0.3, 0.4) is 0 Å². The summed E-state index contributed by atoms with van der Waals surface area (Å²) in [6, 6.07) is 3.86. The average Bonchev–Trinajstić information content (AvgIpc) is 2.35. The number of ether oxygens (including phenoxy) is 1. The summed E-state index contributed by atoms with van der Waals surface area (Å²) >= 11 is 0. The van der Waals surface area contributed by atoms with Gasteiger partial charge in [-0.15, -0.1) is 0 Å². The van der Waals surface area contributed by atoms with Crippen molar-refractivity contribution in [3.63, 3.8) is 0 Å². The molecule has 0 fully saturated rings. The van der Waals surface area contributed by atoms with Gasteiger partial charge in [0.25, 0.3) is 5.91 Å². The molecule has 0 heterocycles. The van der Waals surface area contributed by atoms with Gasteiger partial charge < -0.3 is 15.8 Å². The molecule has 1 rings (SSSR count). The number of carbonyl (C=O) groups is 1. The minimum absolute atomic E-state index is 0.221. The summed E-state index contributed by atoms with van der Waals surface area (Å²) < 4.78 is 18.8. The lowest BCUT2D eigenvalue weighted by Gasteiger charge is -2.18. The van der Waals surface area contributed by atoms with Gasteiger partial charge in [-0.25, -0.2) is 4.39 Å². The summed E-state index contributed by atoms with van der Waals surface area (Å²) in [6.07, 6.45) is 0.162. The molecule has 0 spiro atoms. The smallest absolute Gasteiger partial charge is 0.260 e. The van der Waals surface area contributed by atoms with Crippen molar-refractivity contribution < 1.29 is 13.9 Å². The Morgan fingerprint density at radius 1 is 1.47 bits per heavy atom. The van der Waals surface area contributed by atoms with Crippen LogP contribution in [-0.4, -0.2) is 18.6 Å². The first-order chi connectivity index (χ1) is 8.95. The van der Waals surface area contributed by atoms with Crippen LogP contribution in [-0.2, 0) is 4.79 Å². The van der Waals surface area contributed by atoms with Gasteiger partial charge in [-0.3, -0.25) is 4.79 Å². The number of benzene rings is 1. The van der Waals surface area contributed by atoms with Gasteiger partial charge >= 0.3 is 0 Å². The van der Waals surface area contributed by atoms with E-state index in [0.717, 1.165) is 6.42 Å². The van der Waals surface area contributed by atoms with Gasteiger partial charge in [0.1, 0.15) is 11.6 Å². The van der Waals surface area contributed by atoms with E-state index < -0.39 is 11.9 Å². The lowest BCUT2D eigenvalue weighted by molar-refractivity contribution is -0.127. The summed E-state index contributed by atoms with van der Waals surface area (Å²) in [5.41, 5.74) is 6.47. The molecule has 2 unspecified atom stereocenters. The van der Waals surface area contributed by atoms with Gasteiger partial charge in [0.05, 0.1) is 0 Å². The SMILES string of the molecule is CCCNC(=O)C(C)Oc1cc(F)ccc1C(C)N. The number of rotatable bonds is 6. The highest BCUT2D eigenvalue weighted by molar-refractivity contribution is 5.80. The number of carbonyl (C=O) groups excluding carboxylic acids is 1. The molecule has 2 atom stereocenters. The second kappa shape index (κ2) is 7.09. The molecule has 0 aliphatic rings.